The van der Waals surface area contributed by atoms with Gasteiger partial charge >= 0.3 is 0 Å². The molecule has 0 radical (unpaired) electrons. The number of rotatable bonds is 3. The average Bonchev–Trinajstić information content (AvgIpc) is 3.04. The van der Waals surface area contributed by atoms with Crippen molar-refractivity contribution < 1.29 is 9.18 Å². The molecule has 0 bridgehead atoms. The summed E-state index contributed by atoms with van der Waals surface area (Å²) in [4.78, 5) is 25.5. The van der Waals surface area contributed by atoms with E-state index < -0.39 is 0 Å². The van der Waals surface area contributed by atoms with Gasteiger partial charge in [0.1, 0.15) is 17.5 Å². The molecule has 1 aliphatic rings. The van der Waals surface area contributed by atoms with E-state index in [1.807, 2.05) is 14.0 Å². The van der Waals surface area contributed by atoms with Gasteiger partial charge in [-0.2, -0.15) is 5.10 Å². The minimum absolute atomic E-state index is 0.0508. The van der Waals surface area contributed by atoms with Crippen molar-refractivity contribution in [3.05, 3.63) is 47.7 Å². The highest BCUT2D eigenvalue weighted by Crippen LogP contribution is 2.24. The lowest BCUT2D eigenvalue weighted by Gasteiger charge is -2.35. The van der Waals surface area contributed by atoms with Crippen molar-refractivity contribution in [2.24, 2.45) is 7.05 Å². The number of carbonyl (C=O) groups is 1. The van der Waals surface area contributed by atoms with Crippen LogP contribution in [0.15, 0.2) is 30.5 Å². The zero-order chi connectivity index (χ0) is 19.0. The van der Waals surface area contributed by atoms with Crippen LogP contribution in [0.2, 0.25) is 0 Å². The molecule has 7 nitrogen and oxygen atoms in total. The second-order valence-corrected chi connectivity index (χ2v) is 6.74. The molecular weight excluding hydrogens is 347 g/mol. The van der Waals surface area contributed by atoms with Crippen molar-refractivity contribution in [2.45, 2.75) is 13.3 Å². The van der Waals surface area contributed by atoms with E-state index in [0.29, 0.717) is 37.6 Å². The molecule has 1 amide bonds. The molecule has 1 aliphatic heterocycles. The molecule has 8 heteroatoms. The normalized spacial score (nSPS) is 14.8. The van der Waals surface area contributed by atoms with E-state index in [-0.39, 0.29) is 18.1 Å². The molecule has 140 valence electrons. The summed E-state index contributed by atoms with van der Waals surface area (Å²) >= 11 is 0. The van der Waals surface area contributed by atoms with Crippen molar-refractivity contribution in [3.63, 3.8) is 0 Å². The molecular formula is C19H21FN6O. The molecule has 1 aromatic carbocycles. The van der Waals surface area contributed by atoms with Gasteiger partial charge in [0.25, 0.3) is 0 Å². The second kappa shape index (κ2) is 6.94. The number of hydrogen-bond donors (Lipinski definition) is 0. The number of anilines is 1. The molecule has 2 aromatic heterocycles. The number of piperazine rings is 1. The Bertz CT molecular complexity index is 993. The maximum Gasteiger partial charge on any atom is 0.227 e. The van der Waals surface area contributed by atoms with Gasteiger partial charge in [-0.1, -0.05) is 18.2 Å². The maximum absolute atomic E-state index is 13.8. The Morgan fingerprint density at radius 1 is 1.15 bits per heavy atom. The highest BCUT2D eigenvalue weighted by atomic mass is 19.1. The summed E-state index contributed by atoms with van der Waals surface area (Å²) < 4.78 is 15.5. The van der Waals surface area contributed by atoms with E-state index in [4.69, 9.17) is 0 Å². The minimum Gasteiger partial charge on any atom is -0.352 e. The highest BCUT2D eigenvalue weighted by molar-refractivity contribution is 5.87. The number of benzene rings is 1. The minimum atomic E-state index is -0.333. The lowest BCUT2D eigenvalue weighted by molar-refractivity contribution is -0.130. The third kappa shape index (κ3) is 3.34. The summed E-state index contributed by atoms with van der Waals surface area (Å²) in [5.41, 5.74) is 1.24. The first-order valence-corrected chi connectivity index (χ1v) is 8.95. The Labute approximate surface area is 156 Å². The predicted molar refractivity (Wildman–Crippen MR) is 99.9 cm³/mol. The summed E-state index contributed by atoms with van der Waals surface area (Å²) in [6.07, 6.45) is 1.87. The Morgan fingerprint density at radius 2 is 1.89 bits per heavy atom. The number of carbonyl (C=O) groups excluding carboxylic acids is 1. The van der Waals surface area contributed by atoms with Crippen molar-refractivity contribution >= 4 is 22.8 Å². The fraction of sp³-hybridized carbons (Fsp3) is 0.368. The Hall–Kier alpha value is -3.03. The van der Waals surface area contributed by atoms with Gasteiger partial charge < -0.3 is 9.80 Å². The van der Waals surface area contributed by atoms with E-state index in [9.17, 15) is 9.18 Å². The summed E-state index contributed by atoms with van der Waals surface area (Å²) in [7, 11) is 1.86. The Morgan fingerprint density at radius 3 is 2.63 bits per heavy atom. The first-order chi connectivity index (χ1) is 13.0. The molecule has 1 saturated heterocycles. The quantitative estimate of drug-likeness (QED) is 0.704. The first-order valence-electron chi connectivity index (χ1n) is 8.95. The lowest BCUT2D eigenvalue weighted by atomic mass is 10.1. The van der Waals surface area contributed by atoms with Crippen molar-refractivity contribution in [3.8, 4) is 0 Å². The zero-order valence-corrected chi connectivity index (χ0v) is 15.4. The SMILES string of the molecule is Cc1nc(N2CCN(C(=O)Cc3ccccc3F)CC2)c2cnn(C)c2n1. The highest BCUT2D eigenvalue weighted by Gasteiger charge is 2.24. The van der Waals surface area contributed by atoms with Crippen molar-refractivity contribution in [2.75, 3.05) is 31.1 Å². The van der Waals surface area contributed by atoms with E-state index >= 15 is 0 Å². The molecule has 0 spiro atoms. The summed E-state index contributed by atoms with van der Waals surface area (Å²) in [5.74, 6) is 1.16. The number of hydrogen-bond acceptors (Lipinski definition) is 5. The van der Waals surface area contributed by atoms with Crippen LogP contribution in [0.3, 0.4) is 0 Å². The largest absolute Gasteiger partial charge is 0.352 e. The van der Waals surface area contributed by atoms with E-state index in [1.54, 1.807) is 34.0 Å². The van der Waals surface area contributed by atoms with Crippen LogP contribution in [-0.4, -0.2) is 56.7 Å². The monoisotopic (exact) mass is 368 g/mol. The zero-order valence-electron chi connectivity index (χ0n) is 15.4. The van der Waals surface area contributed by atoms with Crippen LogP contribution < -0.4 is 4.90 Å². The molecule has 0 atom stereocenters. The van der Waals surface area contributed by atoms with Gasteiger partial charge in [-0.3, -0.25) is 9.48 Å². The van der Waals surface area contributed by atoms with Gasteiger partial charge in [0.05, 0.1) is 18.0 Å². The van der Waals surface area contributed by atoms with Crippen LogP contribution in [-0.2, 0) is 18.3 Å². The van der Waals surface area contributed by atoms with E-state index in [2.05, 4.69) is 20.0 Å². The number of fused-ring (bicyclic) bond motifs is 1. The topological polar surface area (TPSA) is 67.2 Å². The third-order valence-electron chi connectivity index (χ3n) is 4.92. The number of nitrogens with zero attached hydrogens (tertiary/aromatic N) is 6. The molecule has 3 aromatic rings. The molecule has 27 heavy (non-hydrogen) atoms. The van der Waals surface area contributed by atoms with Crippen LogP contribution in [0, 0.1) is 12.7 Å². The predicted octanol–water partition coefficient (Wildman–Crippen LogP) is 1.70. The van der Waals surface area contributed by atoms with Crippen LogP contribution >= 0.6 is 0 Å². The summed E-state index contributed by atoms with van der Waals surface area (Å²) in [5, 5.41) is 5.19. The van der Waals surface area contributed by atoms with Crippen LogP contribution in [0.5, 0.6) is 0 Å². The molecule has 0 aliphatic carbocycles. The summed E-state index contributed by atoms with van der Waals surface area (Å²) in [6, 6.07) is 6.43. The van der Waals surface area contributed by atoms with Crippen LogP contribution in [0.25, 0.3) is 11.0 Å². The third-order valence-corrected chi connectivity index (χ3v) is 4.92. The molecule has 3 heterocycles. The molecule has 4 rings (SSSR count). The van der Waals surface area contributed by atoms with Crippen molar-refractivity contribution in [1.29, 1.82) is 0 Å². The van der Waals surface area contributed by atoms with Crippen LogP contribution in [0.1, 0.15) is 11.4 Å². The molecule has 0 unspecified atom stereocenters. The molecule has 0 saturated carbocycles. The van der Waals surface area contributed by atoms with Gasteiger partial charge in [0.2, 0.25) is 5.91 Å². The second-order valence-electron chi connectivity index (χ2n) is 6.74. The van der Waals surface area contributed by atoms with E-state index in [1.165, 1.54) is 6.07 Å². The smallest absolute Gasteiger partial charge is 0.227 e. The average molecular weight is 368 g/mol. The lowest BCUT2D eigenvalue weighted by Crippen LogP contribution is -2.49. The molecule has 1 fully saturated rings. The Kier molecular flexibility index (Phi) is 4.47. The molecule has 0 N–H and O–H groups in total. The first kappa shape index (κ1) is 17.4. The Balaban J connectivity index is 1.46. The maximum atomic E-state index is 13.8. The number of amides is 1. The number of halogens is 1. The fourth-order valence-electron chi connectivity index (χ4n) is 3.44. The van der Waals surface area contributed by atoms with Crippen LogP contribution in [0.4, 0.5) is 10.2 Å². The van der Waals surface area contributed by atoms with E-state index in [0.717, 1.165) is 16.9 Å². The number of aromatic nitrogens is 4. The van der Waals surface area contributed by atoms with Gasteiger partial charge in [0.15, 0.2) is 5.65 Å². The number of aryl methyl sites for hydroxylation is 2. The van der Waals surface area contributed by atoms with Crippen molar-refractivity contribution in [1.82, 2.24) is 24.6 Å². The van der Waals surface area contributed by atoms with Gasteiger partial charge in [0, 0.05) is 33.2 Å². The fourth-order valence-corrected chi connectivity index (χ4v) is 3.44. The van der Waals surface area contributed by atoms with Gasteiger partial charge in [-0.25, -0.2) is 14.4 Å². The summed E-state index contributed by atoms with van der Waals surface area (Å²) in [6.45, 7) is 4.37. The van der Waals surface area contributed by atoms with Gasteiger partial charge in [-0.15, -0.1) is 0 Å². The van der Waals surface area contributed by atoms with Gasteiger partial charge in [-0.05, 0) is 18.6 Å². The standard InChI is InChI=1S/C19H21FN6O/c1-13-22-18-15(12-21-24(18)2)19(23-13)26-9-7-25(8-10-26)17(27)11-14-5-3-4-6-16(14)20/h3-6,12H,7-11H2,1-2H3.